The fraction of sp³-hybridized carbons (Fsp3) is 0. The summed E-state index contributed by atoms with van der Waals surface area (Å²) < 4.78 is 0. The molecule has 0 amide bonds. The number of rotatable bonds is 2. The summed E-state index contributed by atoms with van der Waals surface area (Å²) in [6.45, 7) is 0. The second-order valence-electron chi connectivity index (χ2n) is 5.13. The molecule has 0 atom stereocenters. The van der Waals surface area contributed by atoms with Gasteiger partial charge in [-0.3, -0.25) is 0 Å². The normalized spacial score (nSPS) is 9.96. The van der Waals surface area contributed by atoms with Crippen LogP contribution in [-0.4, -0.2) is 4.98 Å². The highest BCUT2D eigenvalue weighted by molar-refractivity contribution is 6.30. The van der Waals surface area contributed by atoms with E-state index >= 15 is 0 Å². The van der Waals surface area contributed by atoms with Gasteiger partial charge in [0.05, 0.1) is 17.3 Å². The topological polar surface area (TPSA) is 86.5 Å². The van der Waals surface area contributed by atoms with Gasteiger partial charge in [-0.2, -0.15) is 10.5 Å². The highest BCUT2D eigenvalue weighted by atomic mass is 35.5. The van der Waals surface area contributed by atoms with Crippen LogP contribution in [0.1, 0.15) is 11.1 Å². The number of benzene rings is 2. The maximum absolute atomic E-state index is 9.42. The fourth-order valence-corrected chi connectivity index (χ4v) is 2.62. The number of nitriles is 2. The number of hydrogen-bond acceptors (Lipinski definition) is 4. The van der Waals surface area contributed by atoms with Gasteiger partial charge in [0.25, 0.3) is 0 Å². The molecule has 1 heterocycles. The van der Waals surface area contributed by atoms with Crippen molar-refractivity contribution in [3.8, 4) is 34.5 Å². The maximum atomic E-state index is 9.42. The van der Waals surface area contributed by atoms with Crippen LogP contribution >= 0.6 is 11.6 Å². The van der Waals surface area contributed by atoms with Gasteiger partial charge in [0.1, 0.15) is 17.5 Å². The first-order chi connectivity index (χ1) is 11.6. The molecule has 5 heteroatoms. The van der Waals surface area contributed by atoms with Crippen molar-refractivity contribution >= 4 is 17.4 Å². The van der Waals surface area contributed by atoms with Crippen molar-refractivity contribution in [3.05, 3.63) is 70.7 Å². The number of nitrogen functional groups attached to an aromatic ring is 1. The molecule has 0 saturated carbocycles. The predicted octanol–water partition coefficient (Wildman–Crippen LogP) is 4.39. The van der Waals surface area contributed by atoms with E-state index in [2.05, 4.69) is 17.1 Å². The summed E-state index contributed by atoms with van der Waals surface area (Å²) in [5.74, 6) is 0.161. The SMILES string of the molecule is N#Cc1ccc(-c2cc(-c3cccc(Cl)c3)c(C#N)c(N)n2)cc1. The molecule has 0 unspecified atom stereocenters. The third-order valence-corrected chi connectivity index (χ3v) is 3.84. The van der Waals surface area contributed by atoms with Gasteiger partial charge in [-0.15, -0.1) is 0 Å². The first kappa shape index (κ1) is 15.6. The zero-order valence-corrected chi connectivity index (χ0v) is 13.2. The summed E-state index contributed by atoms with van der Waals surface area (Å²) in [5.41, 5.74) is 9.77. The molecular weight excluding hydrogens is 320 g/mol. The lowest BCUT2D eigenvalue weighted by Gasteiger charge is -2.10. The molecule has 0 fully saturated rings. The molecule has 4 nitrogen and oxygen atoms in total. The summed E-state index contributed by atoms with van der Waals surface area (Å²) in [7, 11) is 0. The fourth-order valence-electron chi connectivity index (χ4n) is 2.43. The standard InChI is InChI=1S/C19H11ClN4/c20-15-3-1-2-14(8-15)16-9-18(24-19(23)17(16)11-22)13-6-4-12(10-21)5-7-13/h1-9H,(H2,23,24). The molecule has 2 N–H and O–H groups in total. The van der Waals surface area contributed by atoms with Gasteiger partial charge in [0.2, 0.25) is 0 Å². The Labute approximate surface area is 144 Å². The van der Waals surface area contributed by atoms with Crippen molar-refractivity contribution < 1.29 is 0 Å². The Kier molecular flexibility index (Phi) is 4.16. The molecule has 3 aromatic rings. The smallest absolute Gasteiger partial charge is 0.142 e. The van der Waals surface area contributed by atoms with Crippen molar-refractivity contribution in [2.45, 2.75) is 0 Å². The molecule has 0 aliphatic rings. The lowest BCUT2D eigenvalue weighted by molar-refractivity contribution is 1.31. The number of pyridine rings is 1. The molecule has 1 aromatic heterocycles. The van der Waals surface area contributed by atoms with E-state index in [1.165, 1.54) is 0 Å². The highest BCUT2D eigenvalue weighted by Gasteiger charge is 2.13. The van der Waals surface area contributed by atoms with Gasteiger partial charge in [-0.05, 0) is 35.9 Å². The van der Waals surface area contributed by atoms with Crippen LogP contribution in [0, 0.1) is 22.7 Å². The third-order valence-electron chi connectivity index (χ3n) is 3.60. The Hall–Kier alpha value is -3.34. The molecule has 3 rings (SSSR count). The minimum absolute atomic E-state index is 0.161. The Morgan fingerprint density at radius 3 is 2.29 bits per heavy atom. The Morgan fingerprint density at radius 1 is 0.917 bits per heavy atom. The number of anilines is 1. The van der Waals surface area contributed by atoms with Gasteiger partial charge >= 0.3 is 0 Å². The maximum Gasteiger partial charge on any atom is 0.142 e. The van der Waals surface area contributed by atoms with Crippen molar-refractivity contribution in [1.29, 1.82) is 10.5 Å². The van der Waals surface area contributed by atoms with Crippen molar-refractivity contribution in [2.24, 2.45) is 0 Å². The van der Waals surface area contributed by atoms with E-state index in [1.54, 1.807) is 36.4 Å². The summed E-state index contributed by atoms with van der Waals surface area (Å²) in [6.07, 6.45) is 0. The lowest BCUT2D eigenvalue weighted by atomic mass is 9.98. The predicted molar refractivity (Wildman–Crippen MR) is 94.0 cm³/mol. The van der Waals surface area contributed by atoms with Crippen LogP contribution in [0.15, 0.2) is 54.6 Å². The van der Waals surface area contributed by atoms with Gasteiger partial charge in [-0.25, -0.2) is 4.98 Å². The monoisotopic (exact) mass is 330 g/mol. The lowest BCUT2D eigenvalue weighted by Crippen LogP contribution is -1.99. The molecule has 0 radical (unpaired) electrons. The van der Waals surface area contributed by atoms with E-state index < -0.39 is 0 Å². The summed E-state index contributed by atoms with van der Waals surface area (Å²) >= 11 is 6.06. The van der Waals surface area contributed by atoms with Crippen molar-refractivity contribution in [2.75, 3.05) is 5.73 Å². The number of nitrogens with zero attached hydrogens (tertiary/aromatic N) is 3. The molecule has 2 aromatic carbocycles. The zero-order chi connectivity index (χ0) is 17.1. The van der Waals surface area contributed by atoms with E-state index in [4.69, 9.17) is 22.6 Å². The molecule has 0 spiro atoms. The van der Waals surface area contributed by atoms with Crippen LogP contribution in [0.5, 0.6) is 0 Å². The quantitative estimate of drug-likeness (QED) is 0.754. The zero-order valence-electron chi connectivity index (χ0n) is 12.5. The molecule has 24 heavy (non-hydrogen) atoms. The molecular formula is C19H11ClN4. The second kappa shape index (κ2) is 6.42. The average Bonchev–Trinajstić information content (AvgIpc) is 2.61. The number of aromatic nitrogens is 1. The minimum Gasteiger partial charge on any atom is -0.383 e. The first-order valence-corrected chi connectivity index (χ1v) is 7.47. The van der Waals surface area contributed by atoms with Crippen LogP contribution in [0.25, 0.3) is 22.4 Å². The molecule has 0 saturated heterocycles. The van der Waals surface area contributed by atoms with Crippen LogP contribution in [-0.2, 0) is 0 Å². The Morgan fingerprint density at radius 2 is 1.67 bits per heavy atom. The van der Waals surface area contributed by atoms with E-state index in [1.807, 2.05) is 18.2 Å². The summed E-state index contributed by atoms with van der Waals surface area (Å²) in [6, 6.07) is 20.2. The summed E-state index contributed by atoms with van der Waals surface area (Å²) in [4.78, 5) is 4.32. The molecule has 0 aliphatic heterocycles. The Bertz CT molecular complexity index is 995. The van der Waals surface area contributed by atoms with E-state index in [9.17, 15) is 5.26 Å². The van der Waals surface area contributed by atoms with E-state index in [0.29, 0.717) is 27.4 Å². The number of halogens is 1. The summed E-state index contributed by atoms with van der Waals surface area (Å²) in [5, 5.41) is 18.9. The van der Waals surface area contributed by atoms with E-state index in [0.717, 1.165) is 11.1 Å². The number of nitrogens with two attached hydrogens (primary N) is 1. The first-order valence-electron chi connectivity index (χ1n) is 7.09. The Balaban J connectivity index is 2.20. The van der Waals surface area contributed by atoms with Crippen LogP contribution in [0.2, 0.25) is 5.02 Å². The van der Waals surface area contributed by atoms with Crippen molar-refractivity contribution in [1.82, 2.24) is 4.98 Å². The largest absolute Gasteiger partial charge is 0.383 e. The highest BCUT2D eigenvalue weighted by Crippen LogP contribution is 2.32. The van der Waals surface area contributed by atoms with Crippen LogP contribution in [0.3, 0.4) is 0 Å². The van der Waals surface area contributed by atoms with Gasteiger partial charge in [-0.1, -0.05) is 35.9 Å². The van der Waals surface area contributed by atoms with Crippen molar-refractivity contribution in [3.63, 3.8) is 0 Å². The van der Waals surface area contributed by atoms with Gasteiger partial charge in [0, 0.05) is 16.1 Å². The second-order valence-corrected chi connectivity index (χ2v) is 5.56. The molecule has 114 valence electrons. The number of hydrogen-bond donors (Lipinski definition) is 1. The van der Waals surface area contributed by atoms with Crippen LogP contribution in [0.4, 0.5) is 5.82 Å². The molecule has 0 bridgehead atoms. The average molecular weight is 331 g/mol. The van der Waals surface area contributed by atoms with E-state index in [-0.39, 0.29) is 5.82 Å². The molecule has 0 aliphatic carbocycles. The minimum atomic E-state index is 0.161. The van der Waals surface area contributed by atoms with Gasteiger partial charge in [0.15, 0.2) is 0 Å². The van der Waals surface area contributed by atoms with Crippen LogP contribution < -0.4 is 5.73 Å². The van der Waals surface area contributed by atoms with Gasteiger partial charge < -0.3 is 5.73 Å². The third kappa shape index (κ3) is 2.92.